The maximum Gasteiger partial charge on any atom is 0.261 e. The summed E-state index contributed by atoms with van der Waals surface area (Å²) in [5, 5.41) is 0. The lowest BCUT2D eigenvalue weighted by Crippen LogP contribution is -2.36. The maximum atomic E-state index is 13.1. The number of hydrogen-bond donors (Lipinski definition) is 1. The second-order valence-corrected chi connectivity index (χ2v) is 7.24. The molecular formula is C24H21N3O3. The number of benzene rings is 3. The van der Waals surface area contributed by atoms with E-state index < -0.39 is 0 Å². The predicted octanol–water partition coefficient (Wildman–Crippen LogP) is 4.08. The quantitative estimate of drug-likeness (QED) is 0.561. The molecule has 1 amide bonds. The van der Waals surface area contributed by atoms with E-state index in [2.05, 4.69) is 4.98 Å². The molecule has 3 aromatic carbocycles. The van der Waals surface area contributed by atoms with Gasteiger partial charge in [0.1, 0.15) is 23.4 Å². The van der Waals surface area contributed by atoms with Crippen molar-refractivity contribution in [2.75, 3.05) is 13.7 Å². The van der Waals surface area contributed by atoms with Gasteiger partial charge >= 0.3 is 0 Å². The molecule has 150 valence electrons. The average Bonchev–Trinajstić information content (AvgIpc) is 3.16. The molecule has 0 saturated heterocycles. The Kier molecular flexibility index (Phi) is 4.59. The molecule has 1 unspecified atom stereocenters. The summed E-state index contributed by atoms with van der Waals surface area (Å²) < 4.78 is 11.1. The van der Waals surface area contributed by atoms with E-state index in [1.807, 2.05) is 77.7 Å². The number of carbonyl (C=O) groups excluding carboxylic acids is 1. The minimum Gasteiger partial charge on any atom is -0.497 e. The van der Waals surface area contributed by atoms with Gasteiger partial charge in [0.05, 0.1) is 18.1 Å². The molecule has 1 aliphatic heterocycles. The Morgan fingerprint density at radius 1 is 1.07 bits per heavy atom. The van der Waals surface area contributed by atoms with Crippen molar-refractivity contribution in [1.29, 1.82) is 0 Å². The number of hydrogen-bond acceptors (Lipinski definition) is 4. The van der Waals surface area contributed by atoms with Crippen LogP contribution in [0.15, 0.2) is 72.8 Å². The number of para-hydroxylation sites is 3. The molecular weight excluding hydrogens is 378 g/mol. The zero-order valence-corrected chi connectivity index (χ0v) is 16.5. The number of amides is 1. The van der Waals surface area contributed by atoms with Crippen molar-refractivity contribution in [2.24, 2.45) is 0 Å². The molecule has 6 nitrogen and oxygen atoms in total. The van der Waals surface area contributed by atoms with Crippen LogP contribution in [0.4, 0.5) is 0 Å². The first-order chi connectivity index (χ1) is 14.7. The molecule has 0 radical (unpaired) electrons. The number of H-pyrrole nitrogens is 1. The molecule has 5 rings (SSSR count). The molecule has 1 atom stereocenters. The molecule has 1 aliphatic rings. The largest absolute Gasteiger partial charge is 0.497 e. The Labute approximate surface area is 174 Å². The number of aromatic amines is 1. The third-order valence-corrected chi connectivity index (χ3v) is 5.38. The second kappa shape index (κ2) is 7.55. The molecule has 30 heavy (non-hydrogen) atoms. The van der Waals surface area contributed by atoms with Crippen molar-refractivity contribution in [1.82, 2.24) is 14.9 Å². The van der Waals surface area contributed by atoms with Gasteiger partial charge in [0.25, 0.3) is 5.91 Å². The number of nitrogens with one attached hydrogen (secondary N) is 1. The Morgan fingerprint density at radius 3 is 2.63 bits per heavy atom. The van der Waals surface area contributed by atoms with Crippen LogP contribution >= 0.6 is 0 Å². The fraction of sp³-hybridized carbons (Fsp3) is 0.167. The molecule has 0 spiro atoms. The summed E-state index contributed by atoms with van der Waals surface area (Å²) >= 11 is 0. The topological polar surface area (TPSA) is 67.4 Å². The smallest absolute Gasteiger partial charge is 0.261 e. The molecule has 0 saturated carbocycles. The number of ether oxygens (including phenoxy) is 2. The monoisotopic (exact) mass is 399 g/mol. The standard InChI is InChI=1S/C24H21N3O3/c1-29-17-12-10-16(11-13-17)14-27-22(28)15-30-21-9-5-2-6-18(21)23(27)24-25-19-7-3-4-8-20(19)26-24/h2-13,23H,14-15H2,1H3,(H,25,26). The van der Waals surface area contributed by atoms with Gasteiger partial charge in [-0.1, -0.05) is 42.5 Å². The minimum absolute atomic E-state index is 0.0100. The van der Waals surface area contributed by atoms with Crippen molar-refractivity contribution in [3.8, 4) is 11.5 Å². The summed E-state index contributed by atoms with van der Waals surface area (Å²) in [6.07, 6.45) is 0. The van der Waals surface area contributed by atoms with Crippen molar-refractivity contribution >= 4 is 16.9 Å². The highest BCUT2D eigenvalue weighted by Crippen LogP contribution is 2.37. The molecule has 4 aromatic rings. The van der Waals surface area contributed by atoms with Crippen LogP contribution in [0.25, 0.3) is 11.0 Å². The van der Waals surface area contributed by atoms with Gasteiger partial charge in [0.2, 0.25) is 0 Å². The Hall–Kier alpha value is -3.80. The van der Waals surface area contributed by atoms with Crippen LogP contribution in [0.3, 0.4) is 0 Å². The average molecular weight is 399 g/mol. The minimum atomic E-state index is -0.384. The molecule has 2 heterocycles. The Bertz CT molecular complexity index is 1170. The predicted molar refractivity (Wildman–Crippen MR) is 113 cm³/mol. The van der Waals surface area contributed by atoms with E-state index in [1.54, 1.807) is 7.11 Å². The van der Waals surface area contributed by atoms with Gasteiger partial charge in [-0.25, -0.2) is 4.98 Å². The zero-order chi connectivity index (χ0) is 20.5. The van der Waals surface area contributed by atoms with E-state index in [-0.39, 0.29) is 18.6 Å². The third-order valence-electron chi connectivity index (χ3n) is 5.38. The SMILES string of the molecule is COc1ccc(CN2C(=O)COc3ccccc3C2c2nc3ccccc3[nH]2)cc1. The number of rotatable bonds is 4. The van der Waals surface area contributed by atoms with Gasteiger partial charge in [0, 0.05) is 12.1 Å². The van der Waals surface area contributed by atoms with E-state index in [0.717, 1.165) is 33.7 Å². The third kappa shape index (κ3) is 3.26. The number of carbonyl (C=O) groups is 1. The van der Waals surface area contributed by atoms with Gasteiger partial charge in [0.15, 0.2) is 6.61 Å². The molecule has 0 fully saturated rings. The molecule has 1 aromatic heterocycles. The van der Waals surface area contributed by atoms with E-state index in [0.29, 0.717) is 12.3 Å². The van der Waals surface area contributed by atoms with Crippen LogP contribution in [0, 0.1) is 0 Å². The lowest BCUT2D eigenvalue weighted by Gasteiger charge is -2.29. The summed E-state index contributed by atoms with van der Waals surface area (Å²) in [5.74, 6) is 2.11. The Balaban J connectivity index is 1.62. The fourth-order valence-corrected chi connectivity index (χ4v) is 3.88. The maximum absolute atomic E-state index is 13.1. The molecule has 0 bridgehead atoms. The molecule has 1 N–H and O–H groups in total. The Morgan fingerprint density at radius 2 is 1.83 bits per heavy atom. The summed E-state index contributed by atoms with van der Waals surface area (Å²) in [5.41, 5.74) is 3.72. The van der Waals surface area contributed by atoms with Crippen LogP contribution in [-0.4, -0.2) is 34.5 Å². The van der Waals surface area contributed by atoms with Crippen LogP contribution in [0.1, 0.15) is 23.0 Å². The van der Waals surface area contributed by atoms with Gasteiger partial charge in [-0.3, -0.25) is 4.79 Å². The lowest BCUT2D eigenvalue weighted by molar-refractivity contribution is -0.135. The first kappa shape index (κ1) is 18.2. The normalized spacial score (nSPS) is 16.1. The molecule has 0 aliphatic carbocycles. The van der Waals surface area contributed by atoms with Gasteiger partial charge in [-0.05, 0) is 35.9 Å². The highest BCUT2D eigenvalue weighted by Gasteiger charge is 2.34. The van der Waals surface area contributed by atoms with Gasteiger partial charge in [-0.2, -0.15) is 0 Å². The van der Waals surface area contributed by atoms with Crippen LogP contribution in [0.5, 0.6) is 11.5 Å². The van der Waals surface area contributed by atoms with Gasteiger partial charge in [-0.15, -0.1) is 0 Å². The number of fused-ring (bicyclic) bond motifs is 2. The van der Waals surface area contributed by atoms with Crippen LogP contribution in [0.2, 0.25) is 0 Å². The fourth-order valence-electron chi connectivity index (χ4n) is 3.88. The van der Waals surface area contributed by atoms with Crippen molar-refractivity contribution in [2.45, 2.75) is 12.6 Å². The number of imidazole rings is 1. The second-order valence-electron chi connectivity index (χ2n) is 7.24. The molecule has 6 heteroatoms. The van der Waals surface area contributed by atoms with Gasteiger partial charge < -0.3 is 19.4 Å². The van der Waals surface area contributed by atoms with Crippen molar-refractivity contribution in [3.63, 3.8) is 0 Å². The summed E-state index contributed by atoms with van der Waals surface area (Å²) in [6.45, 7) is 0.423. The highest BCUT2D eigenvalue weighted by atomic mass is 16.5. The summed E-state index contributed by atoms with van der Waals surface area (Å²) in [7, 11) is 1.64. The lowest BCUT2D eigenvalue weighted by atomic mass is 10.0. The highest BCUT2D eigenvalue weighted by molar-refractivity contribution is 5.80. The summed E-state index contributed by atoms with van der Waals surface area (Å²) in [6, 6.07) is 23.0. The van der Waals surface area contributed by atoms with Crippen LogP contribution < -0.4 is 9.47 Å². The zero-order valence-electron chi connectivity index (χ0n) is 16.5. The number of methoxy groups -OCH3 is 1. The number of nitrogens with zero attached hydrogens (tertiary/aromatic N) is 2. The van der Waals surface area contributed by atoms with Crippen molar-refractivity contribution in [3.05, 3.63) is 89.7 Å². The van der Waals surface area contributed by atoms with Crippen molar-refractivity contribution < 1.29 is 14.3 Å². The van der Waals surface area contributed by atoms with E-state index in [1.165, 1.54) is 0 Å². The summed E-state index contributed by atoms with van der Waals surface area (Å²) in [4.78, 5) is 23.2. The first-order valence-electron chi connectivity index (χ1n) is 9.82. The van der Waals surface area contributed by atoms with Crippen LogP contribution in [-0.2, 0) is 11.3 Å². The van der Waals surface area contributed by atoms with E-state index in [9.17, 15) is 4.79 Å². The van der Waals surface area contributed by atoms with E-state index >= 15 is 0 Å². The first-order valence-corrected chi connectivity index (χ1v) is 9.82. The van der Waals surface area contributed by atoms with E-state index in [4.69, 9.17) is 14.5 Å². The number of aromatic nitrogens is 2.